The molecule has 2 aliphatic rings. The first-order valence-electron chi connectivity index (χ1n) is 12.3. The number of carbonyl (C=O) groups excluding carboxylic acids is 1. The molecule has 1 unspecified atom stereocenters. The van der Waals surface area contributed by atoms with Gasteiger partial charge < -0.3 is 19.1 Å². The molecule has 184 valence electrons. The second kappa shape index (κ2) is 10.5. The fraction of sp³-hybridized carbons (Fsp3) is 0.407. The van der Waals surface area contributed by atoms with Crippen LogP contribution in [0.4, 0.5) is 0 Å². The third kappa shape index (κ3) is 4.76. The lowest BCUT2D eigenvalue weighted by molar-refractivity contribution is 0.0354. The Labute approximate surface area is 205 Å². The lowest BCUT2D eigenvalue weighted by atomic mass is 9.96. The maximum absolute atomic E-state index is 13.6. The molecular formula is C27H32N4O4. The van der Waals surface area contributed by atoms with Crippen LogP contribution in [0.15, 0.2) is 48.5 Å². The van der Waals surface area contributed by atoms with Gasteiger partial charge >= 0.3 is 0 Å². The monoisotopic (exact) mass is 476 g/mol. The summed E-state index contributed by atoms with van der Waals surface area (Å²) in [5.41, 5.74) is 4.28. The number of ether oxygens (including phenoxy) is 3. The quantitative estimate of drug-likeness (QED) is 0.507. The molecule has 0 aliphatic carbocycles. The van der Waals surface area contributed by atoms with Gasteiger partial charge in [0.05, 0.1) is 38.7 Å². The molecule has 3 aromatic rings. The van der Waals surface area contributed by atoms with Crippen molar-refractivity contribution in [3.05, 3.63) is 65.4 Å². The fourth-order valence-electron chi connectivity index (χ4n) is 4.95. The minimum Gasteiger partial charge on any atom is -0.497 e. The highest BCUT2D eigenvalue weighted by Crippen LogP contribution is 2.43. The maximum atomic E-state index is 13.6. The van der Waals surface area contributed by atoms with Gasteiger partial charge in [-0.25, -0.2) is 0 Å². The summed E-state index contributed by atoms with van der Waals surface area (Å²) < 4.78 is 16.4. The molecule has 8 heteroatoms. The molecule has 3 heterocycles. The number of nitrogens with zero attached hydrogens (tertiary/aromatic N) is 3. The number of amides is 1. The Morgan fingerprint density at radius 1 is 1.03 bits per heavy atom. The van der Waals surface area contributed by atoms with Gasteiger partial charge in [-0.2, -0.15) is 5.10 Å². The molecule has 35 heavy (non-hydrogen) atoms. The lowest BCUT2D eigenvalue weighted by Crippen LogP contribution is -2.38. The first-order valence-corrected chi connectivity index (χ1v) is 12.3. The van der Waals surface area contributed by atoms with Crippen molar-refractivity contribution < 1.29 is 19.0 Å². The van der Waals surface area contributed by atoms with E-state index in [-0.39, 0.29) is 11.9 Å². The average Bonchev–Trinajstić information content (AvgIpc) is 3.44. The number of hydrogen-bond donors (Lipinski definition) is 1. The summed E-state index contributed by atoms with van der Waals surface area (Å²) in [5, 5.41) is 7.60. The standard InChI is InChI=1S/C27H32N4O4/c1-3-35-22-11-7-20(8-12-22)26-23-24(19-5-9-21(33-2)10-6-19)28-29-25(23)27(32)31(26)14-4-13-30-15-17-34-18-16-30/h5-12,26H,3-4,13-18H2,1-2H3,(H,28,29). The van der Waals surface area contributed by atoms with Gasteiger partial charge in [-0.15, -0.1) is 0 Å². The third-order valence-corrected chi connectivity index (χ3v) is 6.71. The van der Waals surface area contributed by atoms with Crippen molar-refractivity contribution in [3.8, 4) is 22.8 Å². The van der Waals surface area contributed by atoms with Crippen LogP contribution >= 0.6 is 0 Å². The van der Waals surface area contributed by atoms with Crippen LogP contribution in [0.5, 0.6) is 11.5 Å². The van der Waals surface area contributed by atoms with Gasteiger partial charge in [0.2, 0.25) is 0 Å². The molecule has 1 aromatic heterocycles. The predicted molar refractivity (Wildman–Crippen MR) is 133 cm³/mol. The average molecular weight is 477 g/mol. The molecule has 1 fully saturated rings. The van der Waals surface area contributed by atoms with E-state index in [1.807, 2.05) is 48.2 Å². The second-order valence-corrected chi connectivity index (χ2v) is 8.80. The van der Waals surface area contributed by atoms with Crippen LogP contribution in [0.2, 0.25) is 0 Å². The summed E-state index contributed by atoms with van der Waals surface area (Å²) in [6, 6.07) is 15.6. The van der Waals surface area contributed by atoms with Crippen molar-refractivity contribution in [2.75, 3.05) is 53.1 Å². The first-order chi connectivity index (χ1) is 17.2. The highest BCUT2D eigenvalue weighted by molar-refractivity contribution is 6.00. The van der Waals surface area contributed by atoms with Crippen LogP contribution in [-0.4, -0.2) is 79.0 Å². The van der Waals surface area contributed by atoms with Gasteiger partial charge in [-0.3, -0.25) is 14.8 Å². The van der Waals surface area contributed by atoms with Crippen LogP contribution in [-0.2, 0) is 4.74 Å². The Balaban J connectivity index is 1.46. The molecule has 2 aromatic carbocycles. The summed E-state index contributed by atoms with van der Waals surface area (Å²) in [6.45, 7) is 7.64. The Hall–Kier alpha value is -3.36. The van der Waals surface area contributed by atoms with E-state index in [9.17, 15) is 4.79 Å². The van der Waals surface area contributed by atoms with Gasteiger partial charge in [-0.05, 0) is 55.3 Å². The molecule has 1 amide bonds. The number of rotatable bonds is 9. The van der Waals surface area contributed by atoms with Crippen molar-refractivity contribution in [3.63, 3.8) is 0 Å². The molecule has 5 rings (SSSR count). The third-order valence-electron chi connectivity index (χ3n) is 6.71. The Morgan fingerprint density at radius 2 is 1.74 bits per heavy atom. The highest BCUT2D eigenvalue weighted by Gasteiger charge is 2.41. The van der Waals surface area contributed by atoms with E-state index in [1.54, 1.807) is 7.11 Å². The summed E-state index contributed by atoms with van der Waals surface area (Å²) >= 11 is 0. The predicted octanol–water partition coefficient (Wildman–Crippen LogP) is 3.75. The number of hydrogen-bond acceptors (Lipinski definition) is 6. The topological polar surface area (TPSA) is 79.9 Å². The molecule has 8 nitrogen and oxygen atoms in total. The van der Waals surface area contributed by atoms with E-state index in [4.69, 9.17) is 14.2 Å². The Morgan fingerprint density at radius 3 is 2.43 bits per heavy atom. The summed E-state index contributed by atoms with van der Waals surface area (Å²) in [5.74, 6) is 1.60. The van der Waals surface area contributed by atoms with Gasteiger partial charge in [0.25, 0.3) is 5.91 Å². The minimum absolute atomic E-state index is 0.00637. The number of carbonyl (C=O) groups is 1. The molecule has 1 N–H and O–H groups in total. The van der Waals surface area contributed by atoms with Crippen LogP contribution < -0.4 is 9.47 Å². The van der Waals surface area contributed by atoms with E-state index in [2.05, 4.69) is 27.2 Å². The zero-order valence-electron chi connectivity index (χ0n) is 20.3. The zero-order valence-corrected chi connectivity index (χ0v) is 20.3. The number of nitrogens with one attached hydrogen (secondary N) is 1. The highest BCUT2D eigenvalue weighted by atomic mass is 16.5. The Bertz CT molecular complexity index is 1140. The zero-order chi connectivity index (χ0) is 24.2. The number of benzene rings is 2. The normalized spacial score (nSPS) is 18.1. The first kappa shape index (κ1) is 23.4. The number of methoxy groups -OCH3 is 1. The molecule has 1 atom stereocenters. The van der Waals surface area contributed by atoms with E-state index in [1.165, 1.54) is 0 Å². The molecule has 0 radical (unpaired) electrons. The molecule has 0 spiro atoms. The van der Waals surface area contributed by atoms with Crippen molar-refractivity contribution in [2.45, 2.75) is 19.4 Å². The Kier molecular flexibility index (Phi) is 7.01. The SMILES string of the molecule is CCOc1ccc(C2c3c(-c4ccc(OC)cc4)n[nH]c3C(=O)N2CCCN2CCOCC2)cc1. The van der Waals surface area contributed by atoms with E-state index >= 15 is 0 Å². The molecule has 0 bridgehead atoms. The van der Waals surface area contributed by atoms with Gasteiger partial charge in [0.15, 0.2) is 0 Å². The van der Waals surface area contributed by atoms with Crippen LogP contribution in [0.25, 0.3) is 11.3 Å². The summed E-state index contributed by atoms with van der Waals surface area (Å²) in [7, 11) is 1.65. The lowest BCUT2D eigenvalue weighted by Gasteiger charge is -2.29. The van der Waals surface area contributed by atoms with E-state index in [0.29, 0.717) is 18.8 Å². The maximum Gasteiger partial charge on any atom is 0.273 e. The number of aromatic nitrogens is 2. The van der Waals surface area contributed by atoms with Crippen LogP contribution in [0, 0.1) is 0 Å². The smallest absolute Gasteiger partial charge is 0.273 e. The second-order valence-electron chi connectivity index (χ2n) is 8.80. The molecular weight excluding hydrogens is 444 g/mol. The molecule has 0 saturated carbocycles. The number of fused-ring (bicyclic) bond motifs is 1. The number of aromatic amines is 1. The van der Waals surface area contributed by atoms with Gasteiger partial charge in [-0.1, -0.05) is 12.1 Å². The fourth-order valence-corrected chi connectivity index (χ4v) is 4.95. The van der Waals surface area contributed by atoms with Gasteiger partial charge in [0.1, 0.15) is 17.2 Å². The van der Waals surface area contributed by atoms with Crippen LogP contribution in [0.1, 0.15) is 41.0 Å². The summed E-state index contributed by atoms with van der Waals surface area (Å²) in [6.07, 6.45) is 0.898. The largest absolute Gasteiger partial charge is 0.497 e. The molecule has 2 aliphatic heterocycles. The van der Waals surface area contributed by atoms with Crippen molar-refractivity contribution in [2.24, 2.45) is 0 Å². The van der Waals surface area contributed by atoms with E-state index in [0.717, 1.165) is 73.2 Å². The van der Waals surface area contributed by atoms with Crippen molar-refractivity contribution in [1.82, 2.24) is 20.0 Å². The minimum atomic E-state index is -0.214. The van der Waals surface area contributed by atoms with E-state index < -0.39 is 0 Å². The van der Waals surface area contributed by atoms with Gasteiger partial charge in [0, 0.05) is 37.3 Å². The molecule has 1 saturated heterocycles. The number of H-pyrrole nitrogens is 1. The number of morpholine rings is 1. The van der Waals surface area contributed by atoms with Crippen molar-refractivity contribution in [1.29, 1.82) is 0 Å². The summed E-state index contributed by atoms with van der Waals surface area (Å²) in [4.78, 5) is 17.9. The van der Waals surface area contributed by atoms with Crippen LogP contribution in [0.3, 0.4) is 0 Å². The van der Waals surface area contributed by atoms with Crippen molar-refractivity contribution >= 4 is 5.91 Å².